The summed E-state index contributed by atoms with van der Waals surface area (Å²) < 4.78 is 11.2. The van der Waals surface area contributed by atoms with Gasteiger partial charge in [0, 0.05) is 6.54 Å². The monoisotopic (exact) mass is 306 g/mol. The topological polar surface area (TPSA) is 42.5 Å². The number of nitrogens with one attached hydrogen (secondary N) is 2. The minimum Gasteiger partial charge on any atom is -0.486 e. The van der Waals surface area contributed by atoms with Crippen LogP contribution in [0.3, 0.4) is 0 Å². The molecular weight excluding hydrogens is 284 g/mol. The average Bonchev–Trinajstić information content (AvgIpc) is 2.49. The molecule has 1 aliphatic rings. The highest BCUT2D eigenvalue weighted by Crippen LogP contribution is 2.34. The second-order valence-electron chi connectivity index (χ2n) is 5.27. The summed E-state index contributed by atoms with van der Waals surface area (Å²) in [5, 5.41) is 7.07. The lowest BCUT2D eigenvalue weighted by molar-refractivity contribution is 0.171. The van der Waals surface area contributed by atoms with Crippen molar-refractivity contribution in [2.75, 3.05) is 19.8 Å². The molecular formula is C16H22N2O2S. The van der Waals surface area contributed by atoms with Gasteiger partial charge in [0.1, 0.15) is 13.2 Å². The molecule has 21 heavy (non-hydrogen) atoms. The van der Waals surface area contributed by atoms with Crippen molar-refractivity contribution in [1.82, 2.24) is 10.6 Å². The molecule has 0 radical (unpaired) electrons. The Hall–Kier alpha value is -1.75. The molecule has 0 saturated heterocycles. The van der Waals surface area contributed by atoms with Crippen molar-refractivity contribution in [3.63, 3.8) is 0 Å². The van der Waals surface area contributed by atoms with Gasteiger partial charge in [0.2, 0.25) is 0 Å². The van der Waals surface area contributed by atoms with Crippen molar-refractivity contribution < 1.29 is 9.47 Å². The molecule has 0 spiro atoms. The fourth-order valence-electron chi connectivity index (χ4n) is 2.25. The highest BCUT2D eigenvalue weighted by molar-refractivity contribution is 7.80. The van der Waals surface area contributed by atoms with E-state index in [-0.39, 0.29) is 6.04 Å². The molecule has 1 aromatic rings. The van der Waals surface area contributed by atoms with Gasteiger partial charge in [0.05, 0.1) is 6.04 Å². The van der Waals surface area contributed by atoms with E-state index in [1.54, 1.807) is 6.08 Å². The van der Waals surface area contributed by atoms with Gasteiger partial charge < -0.3 is 20.1 Å². The first-order chi connectivity index (χ1) is 10.1. The Morgan fingerprint density at radius 1 is 1.33 bits per heavy atom. The molecule has 0 aromatic heterocycles. The van der Waals surface area contributed by atoms with E-state index in [4.69, 9.17) is 21.7 Å². The van der Waals surface area contributed by atoms with Gasteiger partial charge in [-0.1, -0.05) is 26.0 Å². The number of thiocarbonyl (C=S) groups is 1. The zero-order valence-corrected chi connectivity index (χ0v) is 13.3. The fourth-order valence-corrected chi connectivity index (χ4v) is 2.46. The van der Waals surface area contributed by atoms with E-state index < -0.39 is 0 Å². The summed E-state index contributed by atoms with van der Waals surface area (Å²) in [7, 11) is 0. The second-order valence-corrected chi connectivity index (χ2v) is 5.68. The lowest BCUT2D eigenvalue weighted by Gasteiger charge is -2.26. The van der Waals surface area contributed by atoms with E-state index in [2.05, 4.69) is 37.1 Å². The lowest BCUT2D eigenvalue weighted by Crippen LogP contribution is -2.39. The van der Waals surface area contributed by atoms with E-state index in [1.165, 1.54) is 0 Å². The maximum atomic E-state index is 5.65. The van der Waals surface area contributed by atoms with Crippen molar-refractivity contribution in [3.05, 3.63) is 36.4 Å². The number of hydrogen-bond donors (Lipinski definition) is 2. The first-order valence-electron chi connectivity index (χ1n) is 7.16. The molecule has 1 aliphatic heterocycles. The smallest absolute Gasteiger partial charge is 0.167 e. The summed E-state index contributed by atoms with van der Waals surface area (Å²) in [5.74, 6) is 1.99. The summed E-state index contributed by atoms with van der Waals surface area (Å²) in [6.07, 6.45) is 1.78. The third-order valence-corrected chi connectivity index (χ3v) is 3.55. The molecule has 1 aromatic carbocycles. The molecule has 114 valence electrons. The first-order valence-corrected chi connectivity index (χ1v) is 7.57. The van der Waals surface area contributed by atoms with Gasteiger partial charge in [-0.05, 0) is 35.8 Å². The molecule has 4 nitrogen and oxygen atoms in total. The molecule has 2 rings (SSSR count). The summed E-state index contributed by atoms with van der Waals surface area (Å²) in [5.41, 5.74) is 1.14. The Morgan fingerprint density at radius 2 is 2.05 bits per heavy atom. The van der Waals surface area contributed by atoms with Gasteiger partial charge in [0.15, 0.2) is 16.6 Å². The lowest BCUT2D eigenvalue weighted by atomic mass is 9.96. The highest BCUT2D eigenvalue weighted by atomic mass is 32.1. The maximum absolute atomic E-state index is 5.65. The predicted molar refractivity (Wildman–Crippen MR) is 88.9 cm³/mol. The molecule has 2 N–H and O–H groups in total. The van der Waals surface area contributed by atoms with Crippen LogP contribution in [-0.4, -0.2) is 24.9 Å². The predicted octanol–water partition coefficient (Wildman–Crippen LogP) is 2.81. The van der Waals surface area contributed by atoms with E-state index in [1.807, 2.05) is 12.1 Å². The summed E-state index contributed by atoms with van der Waals surface area (Å²) in [6.45, 7) is 9.84. The fraction of sp³-hybridized carbons (Fsp3) is 0.438. The van der Waals surface area contributed by atoms with Crippen molar-refractivity contribution >= 4 is 17.3 Å². The van der Waals surface area contributed by atoms with Crippen molar-refractivity contribution in [1.29, 1.82) is 0 Å². The van der Waals surface area contributed by atoms with Crippen LogP contribution >= 0.6 is 12.2 Å². The van der Waals surface area contributed by atoms with Gasteiger partial charge in [-0.25, -0.2) is 0 Å². The molecule has 0 fully saturated rings. The summed E-state index contributed by atoms with van der Waals surface area (Å²) in [4.78, 5) is 0. The van der Waals surface area contributed by atoms with Gasteiger partial charge in [-0.15, -0.1) is 6.58 Å². The Bertz CT molecular complexity index is 517. The van der Waals surface area contributed by atoms with E-state index in [0.717, 1.165) is 17.1 Å². The SMILES string of the molecule is C=CCNC(=S)N[C@@H](c1ccc2c(c1)OCCO2)C(C)C. The molecule has 0 amide bonds. The number of ether oxygens (including phenoxy) is 2. The average molecular weight is 306 g/mol. The van der Waals surface area contributed by atoms with Crippen molar-refractivity contribution in [3.8, 4) is 11.5 Å². The Labute approximate surface area is 131 Å². The Kier molecular flexibility index (Phi) is 5.44. The van der Waals surface area contributed by atoms with Crippen LogP contribution in [0.25, 0.3) is 0 Å². The standard InChI is InChI=1S/C16H22N2O2S/c1-4-7-17-16(21)18-15(11(2)3)12-5-6-13-14(10-12)20-9-8-19-13/h4-6,10-11,15H,1,7-9H2,2-3H3,(H2,17,18,21)/t15-/m1/s1. The van der Waals surface area contributed by atoms with Crippen LogP contribution in [0.1, 0.15) is 25.5 Å². The zero-order valence-electron chi connectivity index (χ0n) is 12.5. The van der Waals surface area contributed by atoms with E-state index in [9.17, 15) is 0 Å². The maximum Gasteiger partial charge on any atom is 0.167 e. The van der Waals surface area contributed by atoms with Crippen LogP contribution in [0.5, 0.6) is 11.5 Å². The highest BCUT2D eigenvalue weighted by Gasteiger charge is 2.20. The number of rotatable bonds is 5. The van der Waals surface area contributed by atoms with E-state index in [0.29, 0.717) is 30.8 Å². The van der Waals surface area contributed by atoms with E-state index >= 15 is 0 Å². The quantitative estimate of drug-likeness (QED) is 0.647. The van der Waals surface area contributed by atoms with Gasteiger partial charge >= 0.3 is 0 Å². The van der Waals surface area contributed by atoms with Crippen LogP contribution < -0.4 is 20.1 Å². The third-order valence-electron chi connectivity index (χ3n) is 3.29. The molecule has 1 atom stereocenters. The minimum atomic E-state index is 0.116. The number of hydrogen-bond acceptors (Lipinski definition) is 3. The van der Waals surface area contributed by atoms with Crippen LogP contribution in [0.2, 0.25) is 0 Å². The van der Waals surface area contributed by atoms with Crippen LogP contribution in [0, 0.1) is 5.92 Å². The molecule has 0 saturated carbocycles. The molecule has 0 unspecified atom stereocenters. The second kappa shape index (κ2) is 7.31. The van der Waals surface area contributed by atoms with Gasteiger partial charge in [-0.3, -0.25) is 0 Å². The van der Waals surface area contributed by atoms with Crippen LogP contribution in [-0.2, 0) is 0 Å². The largest absolute Gasteiger partial charge is 0.486 e. The third kappa shape index (κ3) is 4.11. The van der Waals surface area contributed by atoms with Crippen LogP contribution in [0.4, 0.5) is 0 Å². The van der Waals surface area contributed by atoms with Crippen molar-refractivity contribution in [2.45, 2.75) is 19.9 Å². The van der Waals surface area contributed by atoms with Gasteiger partial charge in [0.25, 0.3) is 0 Å². The zero-order chi connectivity index (χ0) is 15.2. The minimum absolute atomic E-state index is 0.116. The van der Waals surface area contributed by atoms with Crippen LogP contribution in [0.15, 0.2) is 30.9 Å². The first kappa shape index (κ1) is 15.6. The molecule has 0 bridgehead atoms. The normalized spacial score (nSPS) is 14.4. The van der Waals surface area contributed by atoms with Gasteiger partial charge in [-0.2, -0.15) is 0 Å². The molecule has 1 heterocycles. The number of fused-ring (bicyclic) bond motifs is 1. The Balaban J connectivity index is 2.14. The molecule has 0 aliphatic carbocycles. The van der Waals surface area contributed by atoms with Crippen molar-refractivity contribution in [2.24, 2.45) is 5.92 Å². The summed E-state index contributed by atoms with van der Waals surface area (Å²) in [6, 6.07) is 6.16. The summed E-state index contributed by atoms with van der Waals surface area (Å²) >= 11 is 5.31. The number of benzene rings is 1. The Morgan fingerprint density at radius 3 is 2.71 bits per heavy atom. The molecule has 5 heteroatoms.